The van der Waals surface area contributed by atoms with Crippen LogP contribution in [0.25, 0.3) is 0 Å². The van der Waals surface area contributed by atoms with Crippen LogP contribution >= 0.6 is 11.6 Å². The second-order valence-corrected chi connectivity index (χ2v) is 9.72. The lowest BCUT2D eigenvalue weighted by atomic mass is 10.2. The zero-order valence-corrected chi connectivity index (χ0v) is 18.6. The number of nitrogens with zero attached hydrogens (tertiary/aromatic N) is 2. The fourth-order valence-electron chi connectivity index (χ4n) is 3.58. The van der Waals surface area contributed by atoms with E-state index in [2.05, 4.69) is 0 Å². The average Bonchev–Trinajstić information content (AvgIpc) is 3.07. The number of benzene rings is 3. The van der Waals surface area contributed by atoms with Crippen LogP contribution in [0, 0.1) is 11.6 Å². The highest BCUT2D eigenvalue weighted by molar-refractivity contribution is 7.89. The van der Waals surface area contributed by atoms with E-state index < -0.39 is 39.5 Å². The lowest BCUT2D eigenvalue weighted by Crippen LogP contribution is -2.45. The van der Waals surface area contributed by atoms with Crippen molar-refractivity contribution >= 4 is 39.1 Å². The molecule has 33 heavy (non-hydrogen) atoms. The van der Waals surface area contributed by atoms with E-state index in [-0.39, 0.29) is 23.5 Å². The van der Waals surface area contributed by atoms with Crippen LogP contribution in [-0.4, -0.2) is 30.6 Å². The first-order valence-corrected chi connectivity index (χ1v) is 11.6. The number of sulfonamides is 1. The minimum atomic E-state index is -4.33. The molecule has 0 saturated carbocycles. The number of carbonyl (C=O) groups is 2. The predicted molar refractivity (Wildman–Crippen MR) is 118 cm³/mol. The number of anilines is 1. The Morgan fingerprint density at radius 3 is 2.00 bits per heavy atom. The van der Waals surface area contributed by atoms with Crippen LogP contribution in [0.4, 0.5) is 14.5 Å². The molecule has 1 saturated heterocycles. The summed E-state index contributed by atoms with van der Waals surface area (Å²) in [7, 11) is -4.33. The summed E-state index contributed by atoms with van der Waals surface area (Å²) in [6, 6.07) is 13.9. The van der Waals surface area contributed by atoms with Gasteiger partial charge in [-0.25, -0.2) is 22.1 Å². The van der Waals surface area contributed by atoms with Gasteiger partial charge in [-0.15, -0.1) is 0 Å². The third-order valence-corrected chi connectivity index (χ3v) is 7.35. The molecule has 4 rings (SSSR count). The minimum Gasteiger partial charge on any atom is -0.274 e. The number of rotatable bonds is 6. The maximum absolute atomic E-state index is 13.5. The third-order valence-electron chi connectivity index (χ3n) is 5.23. The zero-order valence-electron chi connectivity index (χ0n) is 17.0. The van der Waals surface area contributed by atoms with Crippen LogP contribution in [0.15, 0.2) is 77.7 Å². The Kier molecular flexibility index (Phi) is 6.29. The lowest BCUT2D eigenvalue weighted by Gasteiger charge is -2.27. The van der Waals surface area contributed by atoms with E-state index in [1.165, 1.54) is 48.5 Å². The Hall–Kier alpha value is -3.14. The Morgan fingerprint density at radius 1 is 0.879 bits per heavy atom. The summed E-state index contributed by atoms with van der Waals surface area (Å²) in [5.74, 6) is -2.44. The molecule has 1 aliphatic rings. The summed E-state index contributed by atoms with van der Waals surface area (Å²) in [4.78, 5) is 26.7. The van der Waals surface area contributed by atoms with Gasteiger partial charge in [0.15, 0.2) is 0 Å². The summed E-state index contributed by atoms with van der Waals surface area (Å²) in [6.07, 6.45) is -0.386. The Bertz CT molecular complexity index is 1300. The second kappa shape index (κ2) is 9.01. The molecule has 0 N–H and O–H groups in total. The van der Waals surface area contributed by atoms with Gasteiger partial charge >= 0.3 is 0 Å². The fraction of sp³-hybridized carbons (Fsp3) is 0.130. The summed E-state index contributed by atoms with van der Waals surface area (Å²) in [5, 5.41) is 0.409. The molecule has 0 bridgehead atoms. The van der Waals surface area contributed by atoms with Gasteiger partial charge in [-0.1, -0.05) is 23.7 Å². The third kappa shape index (κ3) is 4.66. The number of hydrogen-bond acceptors (Lipinski definition) is 4. The van der Waals surface area contributed by atoms with Crippen LogP contribution < -0.4 is 4.90 Å². The first kappa shape index (κ1) is 23.0. The Labute approximate surface area is 194 Å². The largest absolute Gasteiger partial charge is 0.274 e. The number of hydrogen-bond donors (Lipinski definition) is 0. The molecule has 10 heteroatoms. The Balaban J connectivity index is 1.74. The summed E-state index contributed by atoms with van der Waals surface area (Å²) in [6.45, 7) is -0.294. The standard InChI is InChI=1S/C23H17ClF2N2O4S/c24-16-3-9-19(10-4-16)28-22(29)13-21(23(28)30)27(14-15-1-5-17(25)6-2-15)33(31,32)20-11-7-18(26)8-12-20/h1-12,21H,13-14H2. The van der Waals surface area contributed by atoms with E-state index in [9.17, 15) is 26.8 Å². The van der Waals surface area contributed by atoms with Crippen molar-refractivity contribution in [3.63, 3.8) is 0 Å². The first-order valence-electron chi connectivity index (χ1n) is 9.81. The van der Waals surface area contributed by atoms with Crippen LogP contribution in [0.1, 0.15) is 12.0 Å². The van der Waals surface area contributed by atoms with E-state index in [1.54, 1.807) is 0 Å². The first-order chi connectivity index (χ1) is 15.7. The van der Waals surface area contributed by atoms with E-state index in [0.29, 0.717) is 10.6 Å². The van der Waals surface area contributed by atoms with Crippen molar-refractivity contribution in [1.29, 1.82) is 0 Å². The van der Waals surface area contributed by atoms with E-state index in [1.807, 2.05) is 0 Å². The van der Waals surface area contributed by atoms with Gasteiger partial charge in [0.05, 0.1) is 17.0 Å². The maximum atomic E-state index is 13.5. The molecule has 0 spiro atoms. The van der Waals surface area contributed by atoms with Crippen LogP contribution in [0.2, 0.25) is 5.02 Å². The molecule has 0 aliphatic carbocycles. The SMILES string of the molecule is O=C1CC(N(Cc2ccc(F)cc2)S(=O)(=O)c2ccc(F)cc2)C(=O)N1c1ccc(Cl)cc1. The van der Waals surface area contributed by atoms with E-state index in [4.69, 9.17) is 11.6 Å². The Morgan fingerprint density at radius 2 is 1.42 bits per heavy atom. The second-order valence-electron chi connectivity index (χ2n) is 7.39. The molecule has 6 nitrogen and oxygen atoms in total. The van der Waals surface area contributed by atoms with Crippen molar-refractivity contribution in [2.45, 2.75) is 23.9 Å². The molecule has 3 aromatic carbocycles. The zero-order chi connectivity index (χ0) is 23.8. The molecule has 2 amide bonds. The van der Waals surface area contributed by atoms with Gasteiger partial charge in [0.25, 0.3) is 5.91 Å². The molecule has 1 fully saturated rings. The summed E-state index contributed by atoms with van der Waals surface area (Å²) >= 11 is 5.88. The molecule has 0 aromatic heterocycles. The van der Waals surface area contributed by atoms with Gasteiger partial charge in [0.2, 0.25) is 15.9 Å². The molecule has 3 aromatic rings. The minimum absolute atomic E-state index is 0.240. The molecule has 170 valence electrons. The van der Waals surface area contributed by atoms with Crippen molar-refractivity contribution in [1.82, 2.24) is 4.31 Å². The summed E-state index contributed by atoms with van der Waals surface area (Å²) < 4.78 is 54.6. The monoisotopic (exact) mass is 490 g/mol. The maximum Gasteiger partial charge on any atom is 0.252 e. The van der Waals surface area contributed by atoms with E-state index >= 15 is 0 Å². The molecule has 1 heterocycles. The van der Waals surface area contributed by atoms with Crippen LogP contribution in [-0.2, 0) is 26.2 Å². The van der Waals surface area contributed by atoms with Gasteiger partial charge in [-0.05, 0) is 66.2 Å². The molecule has 1 aliphatic heterocycles. The van der Waals surface area contributed by atoms with Crippen molar-refractivity contribution < 1.29 is 26.8 Å². The average molecular weight is 491 g/mol. The van der Waals surface area contributed by atoms with Crippen LogP contribution in [0.3, 0.4) is 0 Å². The lowest BCUT2D eigenvalue weighted by molar-refractivity contribution is -0.122. The summed E-state index contributed by atoms with van der Waals surface area (Å²) in [5.41, 5.74) is 0.671. The van der Waals surface area contributed by atoms with Crippen molar-refractivity contribution in [2.24, 2.45) is 0 Å². The van der Waals surface area contributed by atoms with Gasteiger partial charge in [0, 0.05) is 11.6 Å². The smallest absolute Gasteiger partial charge is 0.252 e. The topological polar surface area (TPSA) is 74.8 Å². The molecular formula is C23H17ClF2N2O4S. The van der Waals surface area contributed by atoms with Gasteiger partial charge in [-0.3, -0.25) is 9.59 Å². The van der Waals surface area contributed by atoms with Gasteiger partial charge in [0.1, 0.15) is 17.7 Å². The normalized spacial score (nSPS) is 16.6. The van der Waals surface area contributed by atoms with Crippen molar-refractivity contribution in [2.75, 3.05) is 4.90 Å². The number of halogens is 3. The van der Waals surface area contributed by atoms with Gasteiger partial charge in [-0.2, -0.15) is 4.31 Å². The highest BCUT2D eigenvalue weighted by atomic mass is 35.5. The highest BCUT2D eigenvalue weighted by Gasteiger charge is 2.47. The number of carbonyl (C=O) groups excluding carboxylic acids is 2. The van der Waals surface area contributed by atoms with Crippen LogP contribution in [0.5, 0.6) is 0 Å². The molecule has 0 radical (unpaired) electrons. The molecule has 1 atom stereocenters. The van der Waals surface area contributed by atoms with Gasteiger partial charge < -0.3 is 0 Å². The molecular weight excluding hydrogens is 474 g/mol. The number of amides is 2. The molecule has 1 unspecified atom stereocenters. The quantitative estimate of drug-likeness (QED) is 0.487. The fourth-order valence-corrected chi connectivity index (χ4v) is 5.27. The highest BCUT2D eigenvalue weighted by Crippen LogP contribution is 2.31. The van der Waals surface area contributed by atoms with E-state index in [0.717, 1.165) is 33.5 Å². The predicted octanol–water partition coefficient (Wildman–Crippen LogP) is 4.14. The number of imide groups is 1. The van der Waals surface area contributed by atoms with Crippen molar-refractivity contribution in [3.05, 3.63) is 95.0 Å². The van der Waals surface area contributed by atoms with Crippen molar-refractivity contribution in [3.8, 4) is 0 Å².